The van der Waals surface area contributed by atoms with Gasteiger partial charge in [-0.05, 0) is 40.5 Å². The van der Waals surface area contributed by atoms with Gasteiger partial charge in [0.1, 0.15) is 0 Å². The molecule has 0 atom stereocenters. The highest BCUT2D eigenvalue weighted by Crippen LogP contribution is 2.14. The van der Waals surface area contributed by atoms with Gasteiger partial charge >= 0.3 is 6.03 Å². The maximum atomic E-state index is 12.3. The number of piperidine rings is 1. The molecule has 1 heterocycles. The van der Waals surface area contributed by atoms with Gasteiger partial charge in [0, 0.05) is 31.2 Å². The number of urea groups is 1. The number of hydrogen-bond acceptors (Lipinski definition) is 2. The number of rotatable bonds is 2. The number of amides is 2. The Labute approximate surface area is 98.8 Å². The van der Waals surface area contributed by atoms with Gasteiger partial charge in [0.25, 0.3) is 0 Å². The van der Waals surface area contributed by atoms with Gasteiger partial charge in [-0.2, -0.15) is 0 Å². The summed E-state index contributed by atoms with van der Waals surface area (Å²) in [6.07, 6.45) is 1.85. The van der Waals surface area contributed by atoms with Crippen LogP contribution in [0.1, 0.15) is 40.5 Å². The molecule has 0 aliphatic carbocycles. The molecule has 4 nitrogen and oxygen atoms in total. The monoisotopic (exact) mass is 227 g/mol. The highest BCUT2D eigenvalue weighted by molar-refractivity contribution is 5.75. The first-order valence-electron chi connectivity index (χ1n) is 6.26. The topological polar surface area (TPSA) is 49.6 Å². The third kappa shape index (κ3) is 3.11. The fourth-order valence-corrected chi connectivity index (χ4v) is 2.29. The van der Waals surface area contributed by atoms with Crippen LogP contribution in [-0.2, 0) is 0 Å². The van der Waals surface area contributed by atoms with Gasteiger partial charge in [-0.3, -0.25) is 0 Å². The minimum Gasteiger partial charge on any atom is -0.328 e. The minimum absolute atomic E-state index is 0.164. The molecule has 0 bridgehead atoms. The fraction of sp³-hybridized carbons (Fsp3) is 0.917. The molecule has 2 N–H and O–H groups in total. The van der Waals surface area contributed by atoms with Crippen molar-refractivity contribution in [3.8, 4) is 0 Å². The van der Waals surface area contributed by atoms with Crippen molar-refractivity contribution in [2.24, 2.45) is 5.73 Å². The van der Waals surface area contributed by atoms with Crippen LogP contribution in [0, 0.1) is 0 Å². The molecule has 16 heavy (non-hydrogen) atoms. The SMILES string of the molecule is CC(C)N(C(=O)N1CCC(N)CC1)C(C)C. The molecule has 0 aromatic carbocycles. The van der Waals surface area contributed by atoms with Gasteiger partial charge in [-0.1, -0.05) is 0 Å². The lowest BCUT2D eigenvalue weighted by molar-refractivity contribution is 0.115. The highest BCUT2D eigenvalue weighted by Gasteiger charge is 2.27. The van der Waals surface area contributed by atoms with Crippen LogP contribution in [-0.4, -0.2) is 47.0 Å². The predicted octanol–water partition coefficient (Wildman–Crippen LogP) is 1.65. The van der Waals surface area contributed by atoms with Crippen LogP contribution in [0.2, 0.25) is 0 Å². The zero-order valence-corrected chi connectivity index (χ0v) is 10.9. The molecule has 0 saturated carbocycles. The molecule has 1 aliphatic heterocycles. The van der Waals surface area contributed by atoms with E-state index in [0.29, 0.717) is 0 Å². The largest absolute Gasteiger partial charge is 0.328 e. The average Bonchev–Trinajstić information content (AvgIpc) is 2.17. The van der Waals surface area contributed by atoms with Crippen LogP contribution < -0.4 is 5.73 Å². The van der Waals surface area contributed by atoms with E-state index in [1.54, 1.807) is 0 Å². The predicted molar refractivity (Wildman–Crippen MR) is 66.3 cm³/mol. The Balaban J connectivity index is 2.61. The van der Waals surface area contributed by atoms with Crippen LogP contribution in [0.25, 0.3) is 0 Å². The summed E-state index contributed by atoms with van der Waals surface area (Å²) >= 11 is 0. The van der Waals surface area contributed by atoms with Gasteiger partial charge in [-0.25, -0.2) is 4.79 Å². The van der Waals surface area contributed by atoms with Crippen LogP contribution in [0.5, 0.6) is 0 Å². The summed E-state index contributed by atoms with van der Waals surface area (Å²) in [5, 5.41) is 0. The standard InChI is InChI=1S/C12H25N3O/c1-9(2)15(10(3)4)12(16)14-7-5-11(13)6-8-14/h9-11H,5-8,13H2,1-4H3. The number of nitrogens with zero attached hydrogens (tertiary/aromatic N) is 2. The van der Waals surface area contributed by atoms with Crippen LogP contribution in [0.4, 0.5) is 4.79 Å². The normalized spacial score (nSPS) is 18.3. The molecule has 1 saturated heterocycles. The second-order valence-corrected chi connectivity index (χ2v) is 5.20. The van der Waals surface area contributed by atoms with Gasteiger partial charge < -0.3 is 15.5 Å². The number of likely N-dealkylation sites (tertiary alicyclic amines) is 1. The van der Waals surface area contributed by atoms with E-state index in [-0.39, 0.29) is 24.2 Å². The number of nitrogens with two attached hydrogens (primary N) is 1. The van der Waals surface area contributed by atoms with Crippen molar-refractivity contribution in [2.45, 2.75) is 58.7 Å². The summed E-state index contributed by atoms with van der Waals surface area (Å²) in [4.78, 5) is 16.2. The number of carbonyl (C=O) groups excluding carboxylic acids is 1. The van der Waals surface area contributed by atoms with E-state index in [9.17, 15) is 4.79 Å². The van der Waals surface area contributed by atoms with Crippen molar-refractivity contribution in [1.82, 2.24) is 9.80 Å². The Morgan fingerprint density at radius 3 is 2.00 bits per heavy atom. The summed E-state index contributed by atoms with van der Waals surface area (Å²) in [7, 11) is 0. The van der Waals surface area contributed by atoms with Gasteiger partial charge in [0.05, 0.1) is 0 Å². The molecule has 0 aromatic heterocycles. The zero-order chi connectivity index (χ0) is 12.3. The summed E-state index contributed by atoms with van der Waals surface area (Å²) in [6.45, 7) is 9.86. The fourth-order valence-electron chi connectivity index (χ4n) is 2.29. The average molecular weight is 227 g/mol. The lowest BCUT2D eigenvalue weighted by Gasteiger charge is -2.38. The third-order valence-corrected chi connectivity index (χ3v) is 3.14. The summed E-state index contributed by atoms with van der Waals surface area (Å²) in [5.74, 6) is 0. The van der Waals surface area contributed by atoms with Gasteiger partial charge in [0.2, 0.25) is 0 Å². The lowest BCUT2D eigenvalue weighted by Crippen LogP contribution is -2.52. The smallest absolute Gasteiger partial charge is 0.320 e. The van der Waals surface area contributed by atoms with Crippen LogP contribution in [0.15, 0.2) is 0 Å². The molecule has 0 aromatic rings. The number of hydrogen-bond donors (Lipinski definition) is 1. The van der Waals surface area contributed by atoms with E-state index >= 15 is 0 Å². The van der Waals surface area contributed by atoms with E-state index in [4.69, 9.17) is 5.73 Å². The molecule has 1 rings (SSSR count). The number of carbonyl (C=O) groups is 1. The van der Waals surface area contributed by atoms with Crippen molar-refractivity contribution < 1.29 is 4.79 Å². The molecular weight excluding hydrogens is 202 g/mol. The third-order valence-electron chi connectivity index (χ3n) is 3.14. The van der Waals surface area contributed by atoms with E-state index in [1.165, 1.54) is 0 Å². The Bertz CT molecular complexity index is 224. The van der Waals surface area contributed by atoms with E-state index < -0.39 is 0 Å². The molecule has 2 amide bonds. The Kier molecular flexibility index (Phi) is 4.59. The quantitative estimate of drug-likeness (QED) is 0.780. The van der Waals surface area contributed by atoms with Gasteiger partial charge in [-0.15, -0.1) is 0 Å². The second-order valence-electron chi connectivity index (χ2n) is 5.20. The van der Waals surface area contributed by atoms with Gasteiger partial charge in [0.15, 0.2) is 0 Å². The molecule has 1 aliphatic rings. The molecular formula is C12H25N3O. The first-order valence-corrected chi connectivity index (χ1v) is 6.26. The Morgan fingerprint density at radius 2 is 1.62 bits per heavy atom. The Hall–Kier alpha value is -0.770. The minimum atomic E-state index is 0.164. The van der Waals surface area contributed by atoms with Crippen molar-refractivity contribution in [3.63, 3.8) is 0 Å². The molecule has 0 unspecified atom stereocenters. The van der Waals surface area contributed by atoms with Crippen molar-refractivity contribution in [3.05, 3.63) is 0 Å². The zero-order valence-electron chi connectivity index (χ0n) is 10.9. The molecule has 0 spiro atoms. The first-order chi connectivity index (χ1) is 7.43. The Morgan fingerprint density at radius 1 is 1.19 bits per heavy atom. The maximum Gasteiger partial charge on any atom is 0.320 e. The lowest BCUT2D eigenvalue weighted by atomic mass is 10.1. The molecule has 94 valence electrons. The van der Waals surface area contributed by atoms with Crippen molar-refractivity contribution >= 4 is 6.03 Å². The summed E-state index contributed by atoms with van der Waals surface area (Å²) in [6, 6.07) is 0.943. The molecule has 0 radical (unpaired) electrons. The van der Waals surface area contributed by atoms with Crippen molar-refractivity contribution in [2.75, 3.05) is 13.1 Å². The molecule has 1 fully saturated rings. The van der Waals surface area contributed by atoms with Crippen LogP contribution >= 0.6 is 0 Å². The highest BCUT2D eigenvalue weighted by atomic mass is 16.2. The van der Waals surface area contributed by atoms with Crippen LogP contribution in [0.3, 0.4) is 0 Å². The summed E-state index contributed by atoms with van der Waals surface area (Å²) in [5.41, 5.74) is 5.84. The second kappa shape index (κ2) is 5.53. The molecule has 4 heteroatoms. The maximum absolute atomic E-state index is 12.3. The summed E-state index contributed by atoms with van der Waals surface area (Å²) < 4.78 is 0. The first kappa shape index (κ1) is 13.3. The van der Waals surface area contributed by atoms with E-state index in [2.05, 4.69) is 27.7 Å². The van der Waals surface area contributed by atoms with E-state index in [1.807, 2.05) is 9.80 Å². The van der Waals surface area contributed by atoms with E-state index in [0.717, 1.165) is 25.9 Å². The van der Waals surface area contributed by atoms with Crippen molar-refractivity contribution in [1.29, 1.82) is 0 Å².